The Morgan fingerprint density at radius 2 is 1.92 bits per heavy atom. The van der Waals surface area contributed by atoms with E-state index in [-0.39, 0.29) is 5.91 Å². The number of fused-ring (bicyclic) bond motifs is 1. The lowest BCUT2D eigenvalue weighted by molar-refractivity contribution is 0.0942. The van der Waals surface area contributed by atoms with Gasteiger partial charge in [-0.05, 0) is 68.1 Å². The predicted octanol–water partition coefficient (Wildman–Crippen LogP) is 4.71. The highest BCUT2D eigenvalue weighted by Gasteiger charge is 2.19. The van der Waals surface area contributed by atoms with Crippen molar-refractivity contribution in [2.75, 3.05) is 0 Å². The van der Waals surface area contributed by atoms with Gasteiger partial charge >= 0.3 is 0 Å². The number of rotatable bonds is 4. The van der Waals surface area contributed by atoms with Gasteiger partial charge in [-0.1, -0.05) is 36.4 Å². The molecule has 1 heterocycles. The fraction of sp³-hybridized carbons (Fsp3) is 0.381. The Balaban J connectivity index is 1.32. The summed E-state index contributed by atoms with van der Waals surface area (Å²) >= 11 is 1.66. The van der Waals surface area contributed by atoms with Crippen LogP contribution in [-0.2, 0) is 12.8 Å². The van der Waals surface area contributed by atoms with Crippen LogP contribution in [0.15, 0.2) is 48.2 Å². The van der Waals surface area contributed by atoms with Crippen LogP contribution in [0.1, 0.15) is 63.7 Å². The summed E-state index contributed by atoms with van der Waals surface area (Å²) in [6.07, 6.45) is 10.1. The van der Waals surface area contributed by atoms with E-state index in [0.717, 1.165) is 42.7 Å². The molecule has 2 aliphatic rings. The van der Waals surface area contributed by atoms with E-state index in [1.54, 1.807) is 11.3 Å². The third kappa shape index (κ3) is 3.79. The first-order chi connectivity index (χ1) is 12.3. The molecule has 2 N–H and O–H groups in total. The van der Waals surface area contributed by atoms with Gasteiger partial charge in [-0.15, -0.1) is 11.3 Å². The lowest BCUT2D eigenvalue weighted by Crippen LogP contribution is -2.37. The molecule has 4 rings (SSSR count). The van der Waals surface area contributed by atoms with Crippen LogP contribution in [-0.4, -0.2) is 5.91 Å². The molecule has 0 saturated carbocycles. The average molecular weight is 353 g/mol. The molecular formula is C21H24N2OS. The number of allylic oxidation sites excluding steroid dienone is 2. The maximum absolute atomic E-state index is 12.4. The van der Waals surface area contributed by atoms with Crippen LogP contribution in [0.3, 0.4) is 0 Å². The maximum Gasteiger partial charge on any atom is 0.279 e. The van der Waals surface area contributed by atoms with E-state index in [0.29, 0.717) is 5.92 Å². The number of hydrazine groups is 1. The average Bonchev–Trinajstić information content (AvgIpc) is 3.11. The van der Waals surface area contributed by atoms with E-state index in [2.05, 4.69) is 53.3 Å². The summed E-state index contributed by atoms with van der Waals surface area (Å²) in [5.41, 5.74) is 9.94. The summed E-state index contributed by atoms with van der Waals surface area (Å²) in [4.78, 5) is 14.6. The van der Waals surface area contributed by atoms with Crippen LogP contribution in [0.5, 0.6) is 0 Å². The molecule has 0 spiro atoms. The molecule has 0 fully saturated rings. The van der Waals surface area contributed by atoms with Crippen molar-refractivity contribution in [1.29, 1.82) is 0 Å². The Labute approximate surface area is 153 Å². The highest BCUT2D eigenvalue weighted by molar-refractivity contribution is 7.14. The van der Waals surface area contributed by atoms with Crippen molar-refractivity contribution in [3.63, 3.8) is 0 Å². The van der Waals surface area contributed by atoms with E-state index in [1.165, 1.54) is 28.8 Å². The maximum atomic E-state index is 12.4. The highest BCUT2D eigenvalue weighted by Crippen LogP contribution is 2.31. The van der Waals surface area contributed by atoms with Crippen molar-refractivity contribution in [2.45, 2.75) is 50.9 Å². The number of carbonyl (C=O) groups excluding carboxylic acids is 1. The van der Waals surface area contributed by atoms with Crippen molar-refractivity contribution in [3.8, 4) is 0 Å². The summed E-state index contributed by atoms with van der Waals surface area (Å²) < 4.78 is 0. The molecule has 1 aromatic heterocycles. The van der Waals surface area contributed by atoms with Gasteiger partial charge in [-0.2, -0.15) is 0 Å². The van der Waals surface area contributed by atoms with Crippen molar-refractivity contribution in [3.05, 3.63) is 69.1 Å². The van der Waals surface area contributed by atoms with Crippen molar-refractivity contribution >= 4 is 17.2 Å². The Morgan fingerprint density at radius 3 is 2.68 bits per heavy atom. The van der Waals surface area contributed by atoms with Gasteiger partial charge in [-0.3, -0.25) is 10.2 Å². The van der Waals surface area contributed by atoms with Gasteiger partial charge in [0.2, 0.25) is 0 Å². The zero-order valence-corrected chi connectivity index (χ0v) is 15.2. The Hall–Kier alpha value is -2.07. The molecule has 25 heavy (non-hydrogen) atoms. The van der Waals surface area contributed by atoms with Gasteiger partial charge in [-0.25, -0.2) is 0 Å². The first-order valence-corrected chi connectivity index (χ1v) is 10.0. The minimum absolute atomic E-state index is 0.00881. The fourth-order valence-electron chi connectivity index (χ4n) is 3.78. The molecule has 1 aromatic carbocycles. The van der Waals surface area contributed by atoms with E-state index in [1.807, 2.05) is 0 Å². The SMILES string of the molecule is O=C(NNC1=CC[C@H](c2ccccc2)CC1)c1cc2c(s1)CCCC2. The zero-order chi connectivity index (χ0) is 17.1. The molecule has 0 bridgehead atoms. The third-order valence-corrected chi connectivity index (χ3v) is 6.47. The molecular weight excluding hydrogens is 328 g/mol. The molecule has 130 valence electrons. The van der Waals surface area contributed by atoms with Crippen molar-refractivity contribution < 1.29 is 4.79 Å². The number of hydrogen-bond acceptors (Lipinski definition) is 3. The summed E-state index contributed by atoms with van der Waals surface area (Å²) in [7, 11) is 0. The topological polar surface area (TPSA) is 41.1 Å². The lowest BCUT2D eigenvalue weighted by atomic mass is 9.87. The number of aryl methyl sites for hydroxylation is 2. The zero-order valence-electron chi connectivity index (χ0n) is 14.4. The van der Waals surface area contributed by atoms with Crippen LogP contribution < -0.4 is 10.9 Å². The molecule has 4 heteroatoms. The third-order valence-electron chi connectivity index (χ3n) is 5.24. The number of hydrogen-bond donors (Lipinski definition) is 2. The molecule has 0 radical (unpaired) electrons. The Morgan fingerprint density at radius 1 is 1.08 bits per heavy atom. The number of benzene rings is 1. The first kappa shape index (κ1) is 16.4. The Kier molecular flexibility index (Phi) is 4.88. The minimum atomic E-state index is -0.00881. The van der Waals surface area contributed by atoms with Gasteiger partial charge in [0.05, 0.1) is 4.88 Å². The second kappa shape index (κ2) is 7.44. The summed E-state index contributed by atoms with van der Waals surface area (Å²) in [5, 5.41) is 0. The van der Waals surface area contributed by atoms with Crippen LogP contribution in [0, 0.1) is 0 Å². The lowest BCUT2D eigenvalue weighted by Gasteiger charge is -2.23. The van der Waals surface area contributed by atoms with Gasteiger partial charge < -0.3 is 5.43 Å². The molecule has 0 aliphatic heterocycles. The summed E-state index contributed by atoms with van der Waals surface area (Å²) in [5.74, 6) is 0.581. The number of nitrogens with one attached hydrogen (secondary N) is 2. The molecule has 1 amide bonds. The monoisotopic (exact) mass is 352 g/mol. The van der Waals surface area contributed by atoms with Gasteiger partial charge in [0.1, 0.15) is 0 Å². The second-order valence-corrected chi connectivity index (χ2v) is 8.09. The Bertz CT molecular complexity index is 755. The van der Waals surface area contributed by atoms with E-state index in [4.69, 9.17) is 0 Å². The van der Waals surface area contributed by atoms with E-state index in [9.17, 15) is 4.79 Å². The van der Waals surface area contributed by atoms with Crippen LogP contribution in [0.2, 0.25) is 0 Å². The molecule has 3 nitrogen and oxygen atoms in total. The normalized spacial score (nSPS) is 19.7. The minimum Gasteiger partial charge on any atom is -0.303 e. The first-order valence-electron chi connectivity index (χ1n) is 9.21. The number of carbonyl (C=O) groups is 1. The van der Waals surface area contributed by atoms with E-state index < -0.39 is 0 Å². The van der Waals surface area contributed by atoms with Crippen molar-refractivity contribution in [1.82, 2.24) is 10.9 Å². The van der Waals surface area contributed by atoms with Crippen LogP contribution in [0.4, 0.5) is 0 Å². The fourth-order valence-corrected chi connectivity index (χ4v) is 4.93. The van der Waals surface area contributed by atoms with Crippen LogP contribution in [0.25, 0.3) is 0 Å². The van der Waals surface area contributed by atoms with Gasteiger partial charge in [0, 0.05) is 10.6 Å². The largest absolute Gasteiger partial charge is 0.303 e. The number of thiophene rings is 1. The second-order valence-electron chi connectivity index (χ2n) is 6.96. The quantitative estimate of drug-likeness (QED) is 0.782. The molecule has 0 unspecified atom stereocenters. The molecule has 2 aromatic rings. The highest BCUT2D eigenvalue weighted by atomic mass is 32.1. The molecule has 1 atom stereocenters. The van der Waals surface area contributed by atoms with Crippen molar-refractivity contribution in [2.24, 2.45) is 0 Å². The molecule has 0 saturated heterocycles. The van der Waals surface area contributed by atoms with Crippen LogP contribution >= 0.6 is 11.3 Å². The van der Waals surface area contributed by atoms with Gasteiger partial charge in [0.25, 0.3) is 5.91 Å². The summed E-state index contributed by atoms with van der Waals surface area (Å²) in [6.45, 7) is 0. The molecule has 2 aliphatic carbocycles. The predicted molar refractivity (Wildman–Crippen MR) is 103 cm³/mol. The van der Waals surface area contributed by atoms with E-state index >= 15 is 0 Å². The standard InChI is InChI=1S/C21H24N2OS/c24-21(20-14-17-8-4-5-9-19(17)25-20)23-22-18-12-10-16(11-13-18)15-6-2-1-3-7-15/h1-3,6-7,12,14,16,22H,4-5,8-11,13H2,(H,23,24)/t16-/m0/s1. The summed E-state index contributed by atoms with van der Waals surface area (Å²) in [6, 6.07) is 12.8. The number of amides is 1. The van der Waals surface area contributed by atoms with Gasteiger partial charge in [0.15, 0.2) is 0 Å². The smallest absolute Gasteiger partial charge is 0.279 e.